The van der Waals surface area contributed by atoms with Crippen molar-refractivity contribution >= 4 is 33.6 Å². The van der Waals surface area contributed by atoms with Crippen molar-refractivity contribution in [2.45, 2.75) is 19.4 Å². The van der Waals surface area contributed by atoms with Gasteiger partial charge in [0, 0.05) is 17.4 Å². The molecule has 0 unspecified atom stereocenters. The molecule has 0 saturated carbocycles. The molecule has 0 fully saturated rings. The Bertz CT molecular complexity index is 479. The van der Waals surface area contributed by atoms with E-state index in [-0.39, 0.29) is 13.0 Å². The molecular weight excluding hydrogens is 316 g/mol. The molecule has 0 aliphatic heterocycles. The van der Waals surface area contributed by atoms with E-state index in [4.69, 9.17) is 10.2 Å². The smallest absolute Gasteiger partial charge is 0.332 e. The van der Waals surface area contributed by atoms with E-state index in [0.29, 0.717) is 5.69 Å². The van der Waals surface area contributed by atoms with Crippen LogP contribution in [-0.4, -0.2) is 34.9 Å². The van der Waals surface area contributed by atoms with E-state index >= 15 is 0 Å². The third kappa shape index (κ3) is 5.27. The average Bonchev–Trinajstić information content (AvgIpc) is 2.32. The van der Waals surface area contributed by atoms with Gasteiger partial charge < -0.3 is 20.8 Å². The summed E-state index contributed by atoms with van der Waals surface area (Å²) in [5, 5.41) is 22.6. The number of amides is 2. The first-order valence-electron chi connectivity index (χ1n) is 5.62. The zero-order valence-corrected chi connectivity index (χ0v) is 11.9. The minimum atomic E-state index is -1.47. The lowest BCUT2D eigenvalue weighted by atomic mass is 10.2. The minimum Gasteiger partial charge on any atom is -0.479 e. The summed E-state index contributed by atoms with van der Waals surface area (Å²) in [6, 6.07) is 5.02. The summed E-state index contributed by atoms with van der Waals surface area (Å²) in [7, 11) is 0. The number of carbonyl (C=O) groups is 2. The Morgan fingerprint density at radius 1 is 1.42 bits per heavy atom. The highest BCUT2D eigenvalue weighted by molar-refractivity contribution is 9.10. The number of aliphatic carboxylic acids is 1. The number of aryl methyl sites for hydroxylation is 1. The molecule has 1 atom stereocenters. The number of carbonyl (C=O) groups excluding carboxylic acids is 1. The molecule has 0 aliphatic carbocycles. The second-order valence-corrected chi connectivity index (χ2v) is 4.86. The molecule has 2 amide bonds. The van der Waals surface area contributed by atoms with Crippen LogP contribution >= 0.6 is 15.9 Å². The molecule has 6 nitrogen and oxygen atoms in total. The molecule has 0 spiro atoms. The van der Waals surface area contributed by atoms with Gasteiger partial charge in [-0.2, -0.15) is 0 Å². The van der Waals surface area contributed by atoms with E-state index < -0.39 is 18.1 Å². The summed E-state index contributed by atoms with van der Waals surface area (Å²) in [6.07, 6.45) is -1.51. The van der Waals surface area contributed by atoms with Crippen LogP contribution in [0.1, 0.15) is 12.0 Å². The summed E-state index contributed by atoms with van der Waals surface area (Å²) < 4.78 is 0.758. The normalized spacial score (nSPS) is 11.7. The lowest BCUT2D eigenvalue weighted by Gasteiger charge is -2.10. The standard InChI is InChI=1S/C12H15BrN2O4/c1-7-2-3-9(8(13)6-7)15-12(19)14-5-4-10(16)11(17)18/h2-3,6,10,16H,4-5H2,1H3,(H,17,18)(H2,14,15,19)/t10-/m0/s1. The van der Waals surface area contributed by atoms with Crippen molar-refractivity contribution in [3.63, 3.8) is 0 Å². The van der Waals surface area contributed by atoms with Gasteiger partial charge >= 0.3 is 12.0 Å². The van der Waals surface area contributed by atoms with Gasteiger partial charge in [-0.15, -0.1) is 0 Å². The van der Waals surface area contributed by atoms with Gasteiger partial charge in [-0.1, -0.05) is 6.07 Å². The lowest BCUT2D eigenvalue weighted by molar-refractivity contribution is -0.146. The first-order valence-corrected chi connectivity index (χ1v) is 6.41. The van der Waals surface area contributed by atoms with Gasteiger partial charge in [-0.05, 0) is 40.5 Å². The maximum absolute atomic E-state index is 11.5. The van der Waals surface area contributed by atoms with Crippen LogP contribution in [-0.2, 0) is 4.79 Å². The fourth-order valence-electron chi connectivity index (χ4n) is 1.33. The third-order valence-corrected chi connectivity index (χ3v) is 3.02. The second kappa shape index (κ2) is 7.10. The Kier molecular flexibility index (Phi) is 5.78. The van der Waals surface area contributed by atoms with Gasteiger partial charge in [0.1, 0.15) is 0 Å². The summed E-state index contributed by atoms with van der Waals surface area (Å²) in [5.41, 5.74) is 1.67. The maximum Gasteiger partial charge on any atom is 0.332 e. The fraction of sp³-hybridized carbons (Fsp3) is 0.333. The molecule has 0 aromatic heterocycles. The molecule has 0 heterocycles. The molecule has 0 aliphatic rings. The van der Waals surface area contributed by atoms with Crippen LogP contribution < -0.4 is 10.6 Å². The quantitative estimate of drug-likeness (QED) is 0.660. The van der Waals surface area contributed by atoms with Crippen molar-refractivity contribution in [1.82, 2.24) is 5.32 Å². The van der Waals surface area contributed by atoms with Crippen LogP contribution in [0.15, 0.2) is 22.7 Å². The van der Waals surface area contributed by atoms with Gasteiger partial charge in [-0.3, -0.25) is 0 Å². The largest absolute Gasteiger partial charge is 0.479 e. The Morgan fingerprint density at radius 3 is 2.68 bits per heavy atom. The molecule has 0 bridgehead atoms. The predicted octanol–water partition coefficient (Wildman–Crippen LogP) is 1.71. The average molecular weight is 331 g/mol. The van der Waals surface area contributed by atoms with Crippen molar-refractivity contribution in [2.24, 2.45) is 0 Å². The summed E-state index contributed by atoms with van der Waals surface area (Å²) >= 11 is 3.33. The molecule has 4 N–H and O–H groups in total. The first-order chi connectivity index (χ1) is 8.90. The van der Waals surface area contributed by atoms with Crippen molar-refractivity contribution in [2.75, 3.05) is 11.9 Å². The van der Waals surface area contributed by atoms with Crippen LogP contribution in [0.3, 0.4) is 0 Å². The zero-order valence-electron chi connectivity index (χ0n) is 10.3. The van der Waals surface area contributed by atoms with Gasteiger partial charge in [0.2, 0.25) is 0 Å². The van der Waals surface area contributed by atoms with E-state index in [1.54, 1.807) is 6.07 Å². The molecule has 104 valence electrons. The number of aliphatic hydroxyl groups excluding tert-OH is 1. The summed E-state index contributed by atoms with van der Waals surface area (Å²) in [4.78, 5) is 21.9. The Hall–Kier alpha value is -1.60. The Balaban J connectivity index is 2.41. The van der Waals surface area contributed by atoms with Gasteiger partial charge in [-0.25, -0.2) is 9.59 Å². The topological polar surface area (TPSA) is 98.7 Å². The van der Waals surface area contributed by atoms with Gasteiger partial charge in [0.15, 0.2) is 6.10 Å². The number of halogens is 1. The number of aliphatic hydroxyl groups is 1. The van der Waals surface area contributed by atoms with Crippen LogP contribution in [0.4, 0.5) is 10.5 Å². The third-order valence-electron chi connectivity index (χ3n) is 2.36. The first kappa shape index (κ1) is 15.5. The maximum atomic E-state index is 11.5. The Morgan fingerprint density at radius 2 is 2.11 bits per heavy atom. The summed E-state index contributed by atoms with van der Waals surface area (Å²) in [6.45, 7) is 2.00. The van der Waals surface area contributed by atoms with E-state index in [1.165, 1.54) is 0 Å². The number of rotatable bonds is 5. The molecule has 19 heavy (non-hydrogen) atoms. The highest BCUT2D eigenvalue weighted by Crippen LogP contribution is 2.23. The number of hydrogen-bond donors (Lipinski definition) is 4. The number of nitrogens with one attached hydrogen (secondary N) is 2. The number of anilines is 1. The number of benzene rings is 1. The predicted molar refractivity (Wildman–Crippen MR) is 74.2 cm³/mol. The lowest BCUT2D eigenvalue weighted by Crippen LogP contribution is -2.33. The van der Waals surface area contributed by atoms with Crippen LogP contribution in [0.5, 0.6) is 0 Å². The van der Waals surface area contributed by atoms with E-state index in [9.17, 15) is 9.59 Å². The van der Waals surface area contributed by atoms with Gasteiger partial charge in [0.25, 0.3) is 0 Å². The number of hydrogen-bond acceptors (Lipinski definition) is 3. The van der Waals surface area contributed by atoms with Crippen molar-refractivity contribution in [3.8, 4) is 0 Å². The number of carboxylic acid groups (broad SMARTS) is 1. The molecular formula is C12H15BrN2O4. The molecule has 1 aromatic rings. The SMILES string of the molecule is Cc1ccc(NC(=O)NCC[C@H](O)C(=O)O)c(Br)c1. The van der Waals surface area contributed by atoms with Crippen LogP contribution in [0.25, 0.3) is 0 Å². The van der Waals surface area contributed by atoms with Crippen LogP contribution in [0.2, 0.25) is 0 Å². The molecule has 0 radical (unpaired) electrons. The molecule has 7 heteroatoms. The van der Waals surface area contributed by atoms with E-state index in [1.807, 2.05) is 19.1 Å². The van der Waals surface area contributed by atoms with Crippen molar-refractivity contribution < 1.29 is 19.8 Å². The molecule has 1 aromatic carbocycles. The number of carboxylic acids is 1. The molecule has 0 saturated heterocycles. The second-order valence-electron chi connectivity index (χ2n) is 4.01. The summed E-state index contributed by atoms with van der Waals surface area (Å²) in [5.74, 6) is -1.30. The fourth-order valence-corrected chi connectivity index (χ4v) is 1.93. The highest BCUT2D eigenvalue weighted by atomic mass is 79.9. The monoisotopic (exact) mass is 330 g/mol. The van der Waals surface area contributed by atoms with Crippen molar-refractivity contribution in [1.29, 1.82) is 0 Å². The van der Waals surface area contributed by atoms with E-state index in [0.717, 1.165) is 10.0 Å². The van der Waals surface area contributed by atoms with Crippen LogP contribution in [0, 0.1) is 6.92 Å². The zero-order chi connectivity index (χ0) is 14.4. The Labute approximate surface area is 118 Å². The highest BCUT2D eigenvalue weighted by Gasteiger charge is 2.13. The van der Waals surface area contributed by atoms with E-state index in [2.05, 4.69) is 26.6 Å². The molecule has 1 rings (SSSR count). The number of urea groups is 1. The van der Waals surface area contributed by atoms with Gasteiger partial charge in [0.05, 0.1) is 5.69 Å². The minimum absolute atomic E-state index is 0.0438. The van der Waals surface area contributed by atoms with Crippen molar-refractivity contribution in [3.05, 3.63) is 28.2 Å².